The third kappa shape index (κ3) is 4.30. The van der Waals surface area contributed by atoms with Crippen molar-refractivity contribution in [3.63, 3.8) is 0 Å². The van der Waals surface area contributed by atoms with E-state index in [1.54, 1.807) is 0 Å². The number of rotatable bonds is 3. The van der Waals surface area contributed by atoms with Crippen molar-refractivity contribution in [1.29, 1.82) is 0 Å². The summed E-state index contributed by atoms with van der Waals surface area (Å²) in [5.74, 6) is -1.50. The lowest BCUT2D eigenvalue weighted by molar-refractivity contribution is -0.137. The molecule has 0 spiro atoms. The number of benzene rings is 2. The van der Waals surface area contributed by atoms with Crippen molar-refractivity contribution < 1.29 is 31.7 Å². The Labute approximate surface area is 166 Å². The molecule has 4 nitrogen and oxygen atoms in total. The SMILES string of the molecule is CC1(C)OB(c2ccc(C(F)(F)F)c(C(=O)Nc3ccc(F)cc3)c2)OC1(C)C. The highest BCUT2D eigenvalue weighted by molar-refractivity contribution is 6.62. The second-order valence-electron chi connectivity index (χ2n) is 7.85. The molecule has 0 aromatic heterocycles. The molecule has 0 saturated carbocycles. The van der Waals surface area contributed by atoms with Crippen molar-refractivity contribution in [3.8, 4) is 0 Å². The standard InChI is InChI=1S/C20H20BF4NO3/c1-18(2)19(3,4)29-21(28-18)12-5-10-16(20(23,24)25)15(11-12)17(27)26-14-8-6-13(22)7-9-14/h5-11H,1-4H3,(H,26,27). The molecule has 0 radical (unpaired) electrons. The molecule has 1 fully saturated rings. The number of nitrogens with one attached hydrogen (secondary N) is 1. The minimum absolute atomic E-state index is 0.172. The van der Waals surface area contributed by atoms with Gasteiger partial charge in [-0.3, -0.25) is 4.79 Å². The summed E-state index contributed by atoms with van der Waals surface area (Å²) < 4.78 is 65.1. The Morgan fingerprint density at radius 1 is 0.966 bits per heavy atom. The molecule has 154 valence electrons. The van der Waals surface area contributed by atoms with E-state index in [-0.39, 0.29) is 5.69 Å². The Bertz CT molecular complexity index is 910. The minimum Gasteiger partial charge on any atom is -0.399 e. The Morgan fingerprint density at radius 2 is 1.52 bits per heavy atom. The molecule has 2 aromatic carbocycles. The Morgan fingerprint density at radius 3 is 2.03 bits per heavy atom. The zero-order chi connectivity index (χ0) is 21.6. The fourth-order valence-corrected chi connectivity index (χ4v) is 2.85. The van der Waals surface area contributed by atoms with Crippen LogP contribution in [-0.2, 0) is 15.5 Å². The first-order valence-electron chi connectivity index (χ1n) is 8.94. The quantitative estimate of drug-likeness (QED) is 0.604. The minimum atomic E-state index is -4.73. The van der Waals surface area contributed by atoms with Crippen molar-refractivity contribution >= 4 is 24.2 Å². The molecule has 1 aliphatic rings. The van der Waals surface area contributed by atoms with E-state index in [9.17, 15) is 22.4 Å². The molecule has 0 bridgehead atoms. The molecular formula is C20H20BF4NO3. The fraction of sp³-hybridized carbons (Fsp3) is 0.350. The number of hydrogen-bond donors (Lipinski definition) is 1. The summed E-state index contributed by atoms with van der Waals surface area (Å²) in [4.78, 5) is 12.6. The Hall–Kier alpha value is -2.39. The molecule has 0 atom stereocenters. The summed E-state index contributed by atoms with van der Waals surface area (Å²) in [6, 6.07) is 7.91. The summed E-state index contributed by atoms with van der Waals surface area (Å²) in [6.45, 7) is 7.27. The second kappa shape index (κ2) is 7.14. The number of anilines is 1. The molecule has 1 amide bonds. The maximum Gasteiger partial charge on any atom is 0.494 e. The van der Waals surface area contributed by atoms with Crippen LogP contribution in [0.25, 0.3) is 0 Å². The lowest BCUT2D eigenvalue weighted by atomic mass is 9.77. The first-order chi connectivity index (χ1) is 13.3. The number of carbonyl (C=O) groups is 1. The molecule has 1 aliphatic heterocycles. The van der Waals surface area contributed by atoms with Crippen LogP contribution in [0.5, 0.6) is 0 Å². The predicted octanol–water partition coefficient (Wildman–Crippen LogP) is 4.40. The van der Waals surface area contributed by atoms with Crippen LogP contribution in [0.1, 0.15) is 43.6 Å². The third-order valence-electron chi connectivity index (χ3n) is 5.22. The maximum absolute atomic E-state index is 13.5. The van der Waals surface area contributed by atoms with Crippen LogP contribution in [-0.4, -0.2) is 24.2 Å². The summed E-state index contributed by atoms with van der Waals surface area (Å²) >= 11 is 0. The first kappa shape index (κ1) is 21.3. The monoisotopic (exact) mass is 409 g/mol. The second-order valence-corrected chi connectivity index (χ2v) is 7.85. The van der Waals surface area contributed by atoms with Crippen LogP contribution in [0.15, 0.2) is 42.5 Å². The van der Waals surface area contributed by atoms with Crippen LogP contribution >= 0.6 is 0 Å². The van der Waals surface area contributed by atoms with E-state index in [0.717, 1.165) is 24.3 Å². The summed E-state index contributed by atoms with van der Waals surface area (Å²) in [7, 11) is -0.917. The molecular weight excluding hydrogens is 389 g/mol. The highest BCUT2D eigenvalue weighted by atomic mass is 19.4. The van der Waals surface area contributed by atoms with Crippen molar-refractivity contribution in [2.45, 2.75) is 45.1 Å². The lowest BCUT2D eigenvalue weighted by Gasteiger charge is -2.32. The van der Waals surface area contributed by atoms with Gasteiger partial charge in [-0.2, -0.15) is 13.2 Å². The van der Waals surface area contributed by atoms with Gasteiger partial charge in [0.2, 0.25) is 0 Å². The van der Waals surface area contributed by atoms with Crippen molar-refractivity contribution in [2.75, 3.05) is 5.32 Å². The average Bonchev–Trinajstić information content (AvgIpc) is 2.83. The zero-order valence-corrected chi connectivity index (χ0v) is 16.4. The topological polar surface area (TPSA) is 47.6 Å². The molecule has 1 N–H and O–H groups in total. The van der Waals surface area contributed by atoms with Gasteiger partial charge < -0.3 is 14.6 Å². The van der Waals surface area contributed by atoms with E-state index in [1.165, 1.54) is 18.2 Å². The Balaban J connectivity index is 1.97. The van der Waals surface area contributed by atoms with E-state index >= 15 is 0 Å². The summed E-state index contributed by atoms with van der Waals surface area (Å²) in [5, 5.41) is 2.36. The number of carbonyl (C=O) groups excluding carboxylic acids is 1. The van der Waals surface area contributed by atoms with E-state index in [4.69, 9.17) is 9.31 Å². The van der Waals surface area contributed by atoms with Crippen molar-refractivity contribution in [2.24, 2.45) is 0 Å². The van der Waals surface area contributed by atoms with Crippen molar-refractivity contribution in [3.05, 3.63) is 59.4 Å². The molecule has 1 heterocycles. The fourth-order valence-electron chi connectivity index (χ4n) is 2.85. The average molecular weight is 409 g/mol. The normalized spacial score (nSPS) is 18.0. The van der Waals surface area contributed by atoms with Gasteiger partial charge in [0.25, 0.3) is 5.91 Å². The van der Waals surface area contributed by atoms with Gasteiger partial charge in [-0.25, -0.2) is 4.39 Å². The predicted molar refractivity (Wildman–Crippen MR) is 102 cm³/mol. The van der Waals surface area contributed by atoms with Gasteiger partial charge in [-0.1, -0.05) is 6.07 Å². The number of amides is 1. The molecule has 1 saturated heterocycles. The summed E-state index contributed by atoms with van der Waals surface area (Å²) in [5.41, 5.74) is -2.56. The van der Waals surface area contributed by atoms with Gasteiger partial charge in [0.15, 0.2) is 0 Å². The first-order valence-corrected chi connectivity index (χ1v) is 8.94. The number of hydrogen-bond acceptors (Lipinski definition) is 3. The van der Waals surface area contributed by atoms with Gasteiger partial charge in [-0.15, -0.1) is 0 Å². The van der Waals surface area contributed by atoms with Gasteiger partial charge in [0, 0.05) is 5.69 Å². The zero-order valence-electron chi connectivity index (χ0n) is 16.4. The van der Waals surface area contributed by atoms with Crippen LogP contribution in [0, 0.1) is 5.82 Å². The van der Waals surface area contributed by atoms with E-state index < -0.39 is 47.3 Å². The molecule has 9 heteroatoms. The van der Waals surface area contributed by atoms with E-state index in [1.807, 2.05) is 27.7 Å². The highest BCUT2D eigenvalue weighted by Gasteiger charge is 2.52. The molecule has 0 unspecified atom stereocenters. The lowest BCUT2D eigenvalue weighted by Crippen LogP contribution is -2.41. The molecule has 2 aromatic rings. The van der Waals surface area contributed by atoms with Crippen LogP contribution < -0.4 is 10.8 Å². The van der Waals surface area contributed by atoms with Gasteiger partial charge in [0.1, 0.15) is 5.82 Å². The maximum atomic E-state index is 13.5. The molecule has 29 heavy (non-hydrogen) atoms. The largest absolute Gasteiger partial charge is 0.494 e. The smallest absolute Gasteiger partial charge is 0.399 e. The van der Waals surface area contributed by atoms with E-state index in [0.29, 0.717) is 5.46 Å². The van der Waals surface area contributed by atoms with Crippen LogP contribution in [0.2, 0.25) is 0 Å². The molecule has 0 aliphatic carbocycles. The van der Waals surface area contributed by atoms with Gasteiger partial charge in [0.05, 0.1) is 22.3 Å². The summed E-state index contributed by atoms with van der Waals surface area (Å²) in [6.07, 6.45) is -4.73. The van der Waals surface area contributed by atoms with Gasteiger partial charge >= 0.3 is 13.3 Å². The molecule has 3 rings (SSSR count). The van der Waals surface area contributed by atoms with Crippen LogP contribution in [0.4, 0.5) is 23.2 Å². The number of halogens is 4. The Kier molecular flexibility index (Phi) is 5.25. The highest BCUT2D eigenvalue weighted by Crippen LogP contribution is 2.37. The van der Waals surface area contributed by atoms with Crippen LogP contribution in [0.3, 0.4) is 0 Å². The number of alkyl halides is 3. The third-order valence-corrected chi connectivity index (χ3v) is 5.22. The van der Waals surface area contributed by atoms with Gasteiger partial charge in [-0.05, 0) is 69.6 Å². The van der Waals surface area contributed by atoms with Crippen molar-refractivity contribution in [1.82, 2.24) is 0 Å². The van der Waals surface area contributed by atoms with E-state index in [2.05, 4.69) is 5.32 Å².